The maximum atomic E-state index is 6.31. The van der Waals surface area contributed by atoms with Crippen molar-refractivity contribution in [3.8, 4) is 0 Å². The number of nitrogens with zero attached hydrogens (tertiary/aromatic N) is 1. The average Bonchev–Trinajstić information content (AvgIpc) is 3.12. The Balaban J connectivity index is 1.83. The van der Waals surface area contributed by atoms with Crippen molar-refractivity contribution in [2.24, 2.45) is 17.6 Å². The van der Waals surface area contributed by atoms with Gasteiger partial charge in [-0.1, -0.05) is 37.3 Å². The van der Waals surface area contributed by atoms with Gasteiger partial charge in [0.1, 0.15) is 0 Å². The highest BCUT2D eigenvalue weighted by Crippen LogP contribution is 2.30. The van der Waals surface area contributed by atoms with Crippen LogP contribution in [0, 0.1) is 11.8 Å². The predicted octanol–water partition coefficient (Wildman–Crippen LogP) is 2.66. The number of nitrogens with two attached hydrogens (primary N) is 1. The molecule has 1 aliphatic carbocycles. The van der Waals surface area contributed by atoms with E-state index in [0.29, 0.717) is 5.92 Å². The molecule has 0 saturated heterocycles. The van der Waals surface area contributed by atoms with Gasteiger partial charge in [-0.15, -0.1) is 0 Å². The van der Waals surface area contributed by atoms with E-state index >= 15 is 0 Å². The van der Waals surface area contributed by atoms with E-state index in [1.807, 2.05) is 6.07 Å². The first-order valence-corrected chi connectivity index (χ1v) is 6.66. The Bertz CT molecular complexity index is 332. The first-order chi connectivity index (χ1) is 8.16. The summed E-state index contributed by atoms with van der Waals surface area (Å²) in [6, 6.07) is 10.6. The highest BCUT2D eigenvalue weighted by Gasteiger charge is 2.24. The van der Waals surface area contributed by atoms with E-state index in [9.17, 15) is 0 Å². The van der Waals surface area contributed by atoms with E-state index in [0.717, 1.165) is 12.5 Å². The first kappa shape index (κ1) is 12.6. The van der Waals surface area contributed by atoms with Gasteiger partial charge in [0.25, 0.3) is 0 Å². The van der Waals surface area contributed by atoms with E-state index < -0.39 is 0 Å². The third kappa shape index (κ3) is 3.83. The van der Waals surface area contributed by atoms with Gasteiger partial charge in [0, 0.05) is 19.1 Å². The Morgan fingerprint density at radius 1 is 1.29 bits per heavy atom. The quantitative estimate of drug-likeness (QED) is 0.817. The fraction of sp³-hybridized carbons (Fsp3) is 0.600. The van der Waals surface area contributed by atoms with Gasteiger partial charge in [-0.25, -0.2) is 0 Å². The maximum absolute atomic E-state index is 6.31. The standard InChI is InChI=1S/C15H24N2/c1-12(10-17(2)11-13-8-9-13)15(16)14-6-4-3-5-7-14/h3-7,12-13,15H,8-11,16H2,1-2H3. The van der Waals surface area contributed by atoms with Crippen LogP contribution in [-0.4, -0.2) is 25.0 Å². The van der Waals surface area contributed by atoms with Crippen molar-refractivity contribution in [3.63, 3.8) is 0 Å². The summed E-state index contributed by atoms with van der Waals surface area (Å²) in [5.74, 6) is 1.46. The lowest BCUT2D eigenvalue weighted by Crippen LogP contribution is -2.32. The molecule has 2 unspecified atom stereocenters. The molecule has 2 rings (SSSR count). The summed E-state index contributed by atoms with van der Waals surface area (Å²) >= 11 is 0. The third-order valence-electron chi connectivity index (χ3n) is 3.66. The summed E-state index contributed by atoms with van der Waals surface area (Å²) in [6.45, 7) is 4.58. The van der Waals surface area contributed by atoms with Gasteiger partial charge >= 0.3 is 0 Å². The molecule has 2 atom stereocenters. The zero-order valence-electron chi connectivity index (χ0n) is 11.0. The van der Waals surface area contributed by atoms with E-state index in [4.69, 9.17) is 5.73 Å². The molecule has 2 N–H and O–H groups in total. The molecule has 0 amide bonds. The van der Waals surface area contributed by atoms with Crippen molar-refractivity contribution in [3.05, 3.63) is 35.9 Å². The molecular formula is C15H24N2. The van der Waals surface area contributed by atoms with Crippen LogP contribution in [0.2, 0.25) is 0 Å². The first-order valence-electron chi connectivity index (χ1n) is 6.66. The topological polar surface area (TPSA) is 29.3 Å². The van der Waals surface area contributed by atoms with Crippen molar-refractivity contribution in [2.75, 3.05) is 20.1 Å². The van der Waals surface area contributed by atoms with Gasteiger partial charge in [-0.3, -0.25) is 0 Å². The van der Waals surface area contributed by atoms with Crippen LogP contribution < -0.4 is 5.73 Å². The fourth-order valence-electron chi connectivity index (χ4n) is 2.42. The lowest BCUT2D eigenvalue weighted by Gasteiger charge is -2.26. The molecule has 2 heteroatoms. The zero-order chi connectivity index (χ0) is 12.3. The van der Waals surface area contributed by atoms with E-state index in [2.05, 4.69) is 43.1 Å². The Labute approximate surface area is 105 Å². The lowest BCUT2D eigenvalue weighted by molar-refractivity contribution is 0.256. The largest absolute Gasteiger partial charge is 0.324 e. The van der Waals surface area contributed by atoms with Gasteiger partial charge in [0.05, 0.1) is 0 Å². The minimum Gasteiger partial charge on any atom is -0.324 e. The van der Waals surface area contributed by atoms with E-state index in [-0.39, 0.29) is 6.04 Å². The van der Waals surface area contributed by atoms with Crippen LogP contribution in [0.15, 0.2) is 30.3 Å². The van der Waals surface area contributed by atoms with Crippen molar-refractivity contribution < 1.29 is 0 Å². The van der Waals surface area contributed by atoms with Crippen LogP contribution in [0.3, 0.4) is 0 Å². The molecule has 0 aliphatic heterocycles. The van der Waals surface area contributed by atoms with Gasteiger partial charge < -0.3 is 10.6 Å². The second-order valence-corrected chi connectivity index (χ2v) is 5.58. The highest BCUT2D eigenvalue weighted by atomic mass is 15.1. The molecule has 0 heterocycles. The Kier molecular flexibility index (Phi) is 4.19. The van der Waals surface area contributed by atoms with Crippen molar-refractivity contribution >= 4 is 0 Å². The molecule has 1 aromatic carbocycles. The fourth-order valence-corrected chi connectivity index (χ4v) is 2.42. The summed E-state index contributed by atoms with van der Waals surface area (Å²) < 4.78 is 0. The van der Waals surface area contributed by atoms with Crippen molar-refractivity contribution in [1.82, 2.24) is 4.90 Å². The zero-order valence-corrected chi connectivity index (χ0v) is 11.0. The predicted molar refractivity (Wildman–Crippen MR) is 72.8 cm³/mol. The van der Waals surface area contributed by atoms with Crippen LogP contribution in [0.25, 0.3) is 0 Å². The monoisotopic (exact) mass is 232 g/mol. The summed E-state index contributed by atoms with van der Waals surface area (Å²) in [7, 11) is 2.21. The molecule has 94 valence electrons. The molecule has 1 fully saturated rings. The second-order valence-electron chi connectivity index (χ2n) is 5.58. The highest BCUT2D eigenvalue weighted by molar-refractivity contribution is 5.19. The van der Waals surface area contributed by atoms with E-state index in [1.54, 1.807) is 0 Å². The smallest absolute Gasteiger partial charge is 0.0333 e. The Morgan fingerprint density at radius 3 is 2.53 bits per heavy atom. The van der Waals surface area contributed by atoms with Crippen LogP contribution in [-0.2, 0) is 0 Å². The number of hydrogen-bond acceptors (Lipinski definition) is 2. The van der Waals surface area contributed by atoms with Crippen LogP contribution in [0.4, 0.5) is 0 Å². The van der Waals surface area contributed by atoms with Gasteiger partial charge in [-0.2, -0.15) is 0 Å². The summed E-state index contributed by atoms with van der Waals surface area (Å²) in [5.41, 5.74) is 7.56. The van der Waals surface area contributed by atoms with Gasteiger partial charge in [0.2, 0.25) is 0 Å². The summed E-state index contributed by atoms with van der Waals surface area (Å²) in [6.07, 6.45) is 2.84. The molecule has 0 spiro atoms. The van der Waals surface area contributed by atoms with Gasteiger partial charge in [-0.05, 0) is 37.3 Å². The molecule has 1 aliphatic rings. The normalized spacial score (nSPS) is 19.3. The molecule has 1 aromatic rings. The molecule has 0 radical (unpaired) electrons. The molecule has 2 nitrogen and oxygen atoms in total. The second kappa shape index (κ2) is 5.65. The van der Waals surface area contributed by atoms with Crippen LogP contribution in [0.1, 0.15) is 31.4 Å². The molecular weight excluding hydrogens is 208 g/mol. The van der Waals surface area contributed by atoms with Crippen LogP contribution in [0.5, 0.6) is 0 Å². The Morgan fingerprint density at radius 2 is 1.94 bits per heavy atom. The lowest BCUT2D eigenvalue weighted by atomic mass is 9.95. The Hall–Kier alpha value is -0.860. The summed E-state index contributed by atoms with van der Waals surface area (Å²) in [5, 5.41) is 0. The van der Waals surface area contributed by atoms with Gasteiger partial charge in [0.15, 0.2) is 0 Å². The number of rotatable bonds is 6. The third-order valence-corrected chi connectivity index (χ3v) is 3.66. The number of benzene rings is 1. The maximum Gasteiger partial charge on any atom is 0.0333 e. The molecule has 17 heavy (non-hydrogen) atoms. The van der Waals surface area contributed by atoms with E-state index in [1.165, 1.54) is 24.9 Å². The SMILES string of the molecule is CC(CN(C)CC1CC1)C(N)c1ccccc1. The average molecular weight is 232 g/mol. The molecule has 0 bridgehead atoms. The minimum atomic E-state index is 0.151. The minimum absolute atomic E-state index is 0.151. The summed E-state index contributed by atoms with van der Waals surface area (Å²) in [4.78, 5) is 2.44. The van der Waals surface area contributed by atoms with Crippen LogP contribution >= 0.6 is 0 Å². The number of hydrogen-bond donors (Lipinski definition) is 1. The molecule has 1 saturated carbocycles. The van der Waals surface area contributed by atoms with Crippen molar-refractivity contribution in [1.29, 1.82) is 0 Å². The van der Waals surface area contributed by atoms with Crippen molar-refractivity contribution in [2.45, 2.75) is 25.8 Å². The molecule has 0 aromatic heterocycles.